The van der Waals surface area contributed by atoms with Crippen LogP contribution in [-0.4, -0.2) is 21.3 Å². The molecule has 0 radical (unpaired) electrons. The molecule has 1 amide bonds. The molecule has 0 saturated heterocycles. The molecule has 124 valence electrons. The van der Waals surface area contributed by atoms with Gasteiger partial charge in [-0.3, -0.25) is 0 Å². The van der Waals surface area contributed by atoms with Gasteiger partial charge in [0.1, 0.15) is 0 Å². The summed E-state index contributed by atoms with van der Waals surface area (Å²) in [6.07, 6.45) is 8.80. The van der Waals surface area contributed by atoms with Gasteiger partial charge in [0, 0.05) is 23.6 Å². The molecule has 0 aliphatic heterocycles. The normalized spacial score (nSPS) is 36.2. The van der Waals surface area contributed by atoms with E-state index in [-0.39, 0.29) is 11.0 Å². The molecule has 1 aromatic heterocycles. The summed E-state index contributed by atoms with van der Waals surface area (Å²) in [5.74, 6) is 1.19. The highest BCUT2D eigenvalue weighted by Crippen LogP contribution is 2.66. The topological polar surface area (TPSA) is 54.3 Å². The molecule has 0 spiro atoms. The van der Waals surface area contributed by atoms with Gasteiger partial charge in [-0.2, -0.15) is 0 Å². The first-order valence-corrected chi connectivity index (χ1v) is 8.84. The summed E-state index contributed by atoms with van der Waals surface area (Å²) in [6.45, 7) is 0. The molecule has 4 unspecified atom stereocenters. The largest absolute Gasteiger partial charge is 0.465 e. The van der Waals surface area contributed by atoms with E-state index in [1.807, 2.05) is 12.1 Å². The zero-order chi connectivity index (χ0) is 16.4. The molecule has 4 nitrogen and oxygen atoms in total. The smallest absolute Gasteiger partial charge is 0.405 e. The minimum atomic E-state index is -0.860. The number of rotatable bonds is 3. The van der Waals surface area contributed by atoms with Crippen molar-refractivity contribution in [3.05, 3.63) is 54.4 Å². The molecule has 4 bridgehead atoms. The Bertz CT molecular complexity index is 782. The Morgan fingerprint density at radius 2 is 1.88 bits per heavy atom. The van der Waals surface area contributed by atoms with Gasteiger partial charge in [0.15, 0.2) is 0 Å². The van der Waals surface area contributed by atoms with Gasteiger partial charge >= 0.3 is 6.09 Å². The zero-order valence-electron chi connectivity index (χ0n) is 13.6. The van der Waals surface area contributed by atoms with Crippen molar-refractivity contribution in [1.82, 2.24) is 9.88 Å². The number of nitrogens with zero attached hydrogens (tertiary/aromatic N) is 1. The minimum Gasteiger partial charge on any atom is -0.465 e. The fraction of sp³-hybridized carbons (Fsp3) is 0.450. The number of nitrogens with one attached hydrogen (secondary N) is 1. The Labute approximate surface area is 141 Å². The Kier molecular flexibility index (Phi) is 2.74. The predicted octanol–water partition coefficient (Wildman–Crippen LogP) is 3.95. The molecular weight excluding hydrogens is 300 g/mol. The van der Waals surface area contributed by atoms with Crippen molar-refractivity contribution in [1.29, 1.82) is 0 Å². The lowest BCUT2D eigenvalue weighted by Crippen LogP contribution is -2.50. The number of amides is 1. The van der Waals surface area contributed by atoms with Gasteiger partial charge in [0.2, 0.25) is 0 Å². The summed E-state index contributed by atoms with van der Waals surface area (Å²) in [7, 11) is 0. The standard InChI is InChI=1S/C20H22N2O2/c23-18(24)21-20-11-14-9-16(20)12-19(10-14,13-20)15-3-5-17(6-4-15)22-7-1-2-8-22/h1-8,14,16,21H,9-13H2,(H,23,24). The van der Waals surface area contributed by atoms with Crippen molar-refractivity contribution in [3.8, 4) is 5.69 Å². The molecule has 4 heteroatoms. The third kappa shape index (κ3) is 1.89. The van der Waals surface area contributed by atoms with E-state index < -0.39 is 6.09 Å². The van der Waals surface area contributed by atoms with Crippen LogP contribution in [0.4, 0.5) is 4.79 Å². The summed E-state index contributed by atoms with van der Waals surface area (Å²) in [4.78, 5) is 11.3. The molecule has 6 rings (SSSR count). The van der Waals surface area contributed by atoms with Crippen LogP contribution in [0, 0.1) is 11.8 Å². The molecule has 1 heterocycles. The molecule has 4 aliphatic rings. The maximum Gasteiger partial charge on any atom is 0.405 e. The first-order chi connectivity index (χ1) is 11.6. The van der Waals surface area contributed by atoms with E-state index in [4.69, 9.17) is 0 Å². The van der Waals surface area contributed by atoms with E-state index in [9.17, 15) is 9.90 Å². The van der Waals surface area contributed by atoms with Gasteiger partial charge in [-0.1, -0.05) is 12.1 Å². The second-order valence-electron chi connectivity index (χ2n) is 8.09. The number of hydrogen-bond donors (Lipinski definition) is 2. The predicted molar refractivity (Wildman–Crippen MR) is 91.4 cm³/mol. The van der Waals surface area contributed by atoms with Crippen LogP contribution in [0.3, 0.4) is 0 Å². The highest BCUT2D eigenvalue weighted by Gasteiger charge is 2.64. The van der Waals surface area contributed by atoms with Crippen LogP contribution in [0.2, 0.25) is 0 Å². The van der Waals surface area contributed by atoms with Crippen LogP contribution in [-0.2, 0) is 5.41 Å². The lowest BCUT2D eigenvalue weighted by atomic mass is 9.65. The van der Waals surface area contributed by atoms with Crippen LogP contribution in [0.15, 0.2) is 48.8 Å². The third-order valence-corrected chi connectivity index (χ3v) is 6.76. The van der Waals surface area contributed by atoms with Gasteiger partial charge < -0.3 is 15.0 Å². The van der Waals surface area contributed by atoms with Crippen molar-refractivity contribution >= 4 is 6.09 Å². The number of aromatic nitrogens is 1. The maximum absolute atomic E-state index is 11.3. The van der Waals surface area contributed by atoms with E-state index in [1.54, 1.807) is 0 Å². The van der Waals surface area contributed by atoms with Crippen molar-refractivity contribution in [2.45, 2.75) is 43.1 Å². The van der Waals surface area contributed by atoms with E-state index in [0.717, 1.165) is 19.3 Å². The van der Waals surface area contributed by atoms with Crippen molar-refractivity contribution in [2.75, 3.05) is 0 Å². The Morgan fingerprint density at radius 3 is 2.58 bits per heavy atom. The number of hydrogen-bond acceptors (Lipinski definition) is 1. The summed E-state index contributed by atoms with van der Waals surface area (Å²) < 4.78 is 2.12. The Morgan fingerprint density at radius 1 is 1.12 bits per heavy atom. The molecular formula is C20H22N2O2. The SMILES string of the molecule is O=C(O)NC12CC3CC1CC(c1ccc(-n4cccc4)cc1)(C3)C2. The second-order valence-corrected chi connectivity index (χ2v) is 8.09. The van der Waals surface area contributed by atoms with Gasteiger partial charge in [-0.15, -0.1) is 0 Å². The first kappa shape index (κ1) is 14.1. The highest BCUT2D eigenvalue weighted by atomic mass is 16.4. The second kappa shape index (κ2) is 4.65. The Hall–Kier alpha value is -2.23. The van der Waals surface area contributed by atoms with Crippen LogP contribution >= 0.6 is 0 Å². The van der Waals surface area contributed by atoms with E-state index in [2.05, 4.69) is 46.5 Å². The molecule has 4 fully saturated rings. The zero-order valence-corrected chi connectivity index (χ0v) is 13.6. The summed E-state index contributed by atoms with van der Waals surface area (Å²) in [5, 5.41) is 12.2. The Balaban J connectivity index is 1.48. The number of carbonyl (C=O) groups is 1. The lowest BCUT2D eigenvalue weighted by Gasteiger charge is -2.41. The molecule has 24 heavy (non-hydrogen) atoms. The van der Waals surface area contributed by atoms with Crippen LogP contribution in [0.1, 0.15) is 37.7 Å². The summed E-state index contributed by atoms with van der Waals surface area (Å²) in [6, 6.07) is 13.0. The lowest BCUT2D eigenvalue weighted by molar-refractivity contribution is 0.160. The van der Waals surface area contributed by atoms with Gasteiger partial charge in [-0.25, -0.2) is 4.79 Å². The fourth-order valence-corrected chi connectivity index (χ4v) is 6.14. The average molecular weight is 322 g/mol. The van der Waals surface area contributed by atoms with E-state index in [1.165, 1.54) is 24.1 Å². The average Bonchev–Trinajstić information content (AvgIpc) is 3.20. The van der Waals surface area contributed by atoms with Crippen LogP contribution < -0.4 is 5.32 Å². The van der Waals surface area contributed by atoms with Gasteiger partial charge in [0.05, 0.1) is 0 Å². The third-order valence-electron chi connectivity index (χ3n) is 6.76. The number of benzene rings is 1. The van der Waals surface area contributed by atoms with E-state index >= 15 is 0 Å². The highest BCUT2D eigenvalue weighted by molar-refractivity contribution is 5.66. The van der Waals surface area contributed by atoms with Crippen molar-refractivity contribution in [3.63, 3.8) is 0 Å². The molecule has 2 aromatic rings. The summed E-state index contributed by atoms with van der Waals surface area (Å²) >= 11 is 0. The monoisotopic (exact) mass is 322 g/mol. The van der Waals surface area contributed by atoms with Gasteiger partial charge in [-0.05, 0) is 79.2 Å². The molecule has 4 aliphatic carbocycles. The number of carboxylic acid groups (broad SMARTS) is 1. The molecule has 4 atom stereocenters. The maximum atomic E-state index is 11.3. The van der Waals surface area contributed by atoms with Gasteiger partial charge in [0.25, 0.3) is 0 Å². The molecule has 1 aromatic carbocycles. The molecule has 4 saturated carbocycles. The van der Waals surface area contributed by atoms with E-state index in [0.29, 0.717) is 11.8 Å². The molecule has 2 N–H and O–H groups in total. The van der Waals surface area contributed by atoms with Crippen molar-refractivity contribution in [2.24, 2.45) is 11.8 Å². The minimum absolute atomic E-state index is 0.170. The quantitative estimate of drug-likeness (QED) is 0.899. The summed E-state index contributed by atoms with van der Waals surface area (Å²) in [5.41, 5.74) is 2.56. The fourth-order valence-electron chi connectivity index (χ4n) is 6.14. The van der Waals surface area contributed by atoms with Crippen LogP contribution in [0.5, 0.6) is 0 Å². The van der Waals surface area contributed by atoms with Crippen molar-refractivity contribution < 1.29 is 9.90 Å². The van der Waals surface area contributed by atoms with Crippen LogP contribution in [0.25, 0.3) is 5.69 Å². The first-order valence-electron chi connectivity index (χ1n) is 8.84.